The molecule has 0 heterocycles. The fraction of sp³-hybridized carbons (Fsp3) is 1.00. The first kappa shape index (κ1) is 12.4. The molecule has 0 bridgehead atoms. The summed E-state index contributed by atoms with van der Waals surface area (Å²) in [6.45, 7) is 6.01. The molecule has 2 fully saturated rings. The first-order valence-electron chi connectivity index (χ1n) is 7.49. The molecule has 1 unspecified atom stereocenters. The minimum atomic E-state index is 0.657. The van der Waals surface area contributed by atoms with Gasteiger partial charge in [0.15, 0.2) is 0 Å². The van der Waals surface area contributed by atoms with Crippen LogP contribution < -0.4 is 5.32 Å². The third-order valence-corrected chi connectivity index (χ3v) is 4.77. The lowest BCUT2D eigenvalue weighted by atomic mass is 9.82. The van der Waals surface area contributed by atoms with E-state index in [0.29, 0.717) is 5.41 Å². The summed E-state index contributed by atoms with van der Waals surface area (Å²) in [4.78, 5) is 0. The molecule has 2 aliphatic carbocycles. The highest BCUT2D eigenvalue weighted by Gasteiger charge is 2.47. The van der Waals surface area contributed by atoms with Gasteiger partial charge in [0.1, 0.15) is 0 Å². The molecule has 94 valence electrons. The molecule has 0 radical (unpaired) electrons. The van der Waals surface area contributed by atoms with E-state index >= 15 is 0 Å². The normalized spacial score (nSPS) is 27.4. The third kappa shape index (κ3) is 3.00. The van der Waals surface area contributed by atoms with Crippen molar-refractivity contribution < 1.29 is 0 Å². The monoisotopic (exact) mass is 223 g/mol. The van der Waals surface area contributed by atoms with Crippen LogP contribution in [0.3, 0.4) is 0 Å². The maximum atomic E-state index is 3.87. The quantitative estimate of drug-likeness (QED) is 0.691. The van der Waals surface area contributed by atoms with Crippen molar-refractivity contribution in [1.29, 1.82) is 0 Å². The SMILES string of the molecule is CCCNC(C1CCCCCC1)C1(C)CC1. The molecule has 1 nitrogen and oxygen atoms in total. The molecule has 2 rings (SSSR count). The van der Waals surface area contributed by atoms with Gasteiger partial charge in [-0.2, -0.15) is 0 Å². The zero-order valence-electron chi connectivity index (χ0n) is 11.2. The van der Waals surface area contributed by atoms with E-state index in [1.165, 1.54) is 64.3 Å². The number of rotatable bonds is 5. The maximum absolute atomic E-state index is 3.87. The average Bonchev–Trinajstić information content (AvgIpc) is 3.04. The summed E-state index contributed by atoms with van der Waals surface area (Å²) < 4.78 is 0. The Morgan fingerprint density at radius 3 is 2.25 bits per heavy atom. The van der Waals surface area contributed by atoms with Crippen molar-refractivity contribution in [2.45, 2.75) is 77.7 Å². The lowest BCUT2D eigenvalue weighted by Crippen LogP contribution is -2.42. The summed E-state index contributed by atoms with van der Waals surface area (Å²) in [7, 11) is 0. The molecule has 1 atom stereocenters. The molecule has 0 saturated heterocycles. The largest absolute Gasteiger partial charge is 0.313 e. The smallest absolute Gasteiger partial charge is 0.0149 e. The van der Waals surface area contributed by atoms with Gasteiger partial charge in [-0.15, -0.1) is 0 Å². The van der Waals surface area contributed by atoms with E-state index in [1.807, 2.05) is 0 Å². The minimum absolute atomic E-state index is 0.657. The molecule has 1 heteroatoms. The Kier molecular flexibility index (Phi) is 4.29. The van der Waals surface area contributed by atoms with E-state index in [2.05, 4.69) is 19.2 Å². The van der Waals surface area contributed by atoms with Gasteiger partial charge >= 0.3 is 0 Å². The fourth-order valence-corrected chi connectivity index (χ4v) is 3.43. The van der Waals surface area contributed by atoms with Crippen molar-refractivity contribution in [3.63, 3.8) is 0 Å². The van der Waals surface area contributed by atoms with Crippen LogP contribution in [0.4, 0.5) is 0 Å². The summed E-state index contributed by atoms with van der Waals surface area (Å²) in [5.74, 6) is 0.974. The summed E-state index contributed by atoms with van der Waals surface area (Å²) in [5.41, 5.74) is 0.657. The second kappa shape index (κ2) is 5.53. The van der Waals surface area contributed by atoms with Crippen molar-refractivity contribution in [1.82, 2.24) is 5.32 Å². The summed E-state index contributed by atoms with van der Waals surface area (Å²) >= 11 is 0. The van der Waals surface area contributed by atoms with E-state index in [0.717, 1.165) is 12.0 Å². The van der Waals surface area contributed by atoms with Crippen LogP contribution in [0.15, 0.2) is 0 Å². The predicted octanol–water partition coefficient (Wildman–Crippen LogP) is 4.13. The fourth-order valence-electron chi connectivity index (χ4n) is 3.43. The van der Waals surface area contributed by atoms with Gasteiger partial charge in [0.2, 0.25) is 0 Å². The van der Waals surface area contributed by atoms with Gasteiger partial charge in [0.05, 0.1) is 0 Å². The van der Waals surface area contributed by atoms with Crippen LogP contribution in [0.25, 0.3) is 0 Å². The zero-order valence-corrected chi connectivity index (χ0v) is 11.2. The number of hydrogen-bond donors (Lipinski definition) is 1. The molecule has 0 aromatic carbocycles. The Morgan fingerprint density at radius 1 is 1.12 bits per heavy atom. The molecule has 0 spiro atoms. The molecule has 0 aromatic rings. The van der Waals surface area contributed by atoms with Gasteiger partial charge in [-0.3, -0.25) is 0 Å². The van der Waals surface area contributed by atoms with Crippen molar-refractivity contribution in [3.05, 3.63) is 0 Å². The second-order valence-electron chi connectivity index (χ2n) is 6.34. The van der Waals surface area contributed by atoms with Crippen LogP contribution in [0.1, 0.15) is 71.6 Å². The first-order valence-corrected chi connectivity index (χ1v) is 7.49. The highest BCUT2D eigenvalue weighted by atomic mass is 15.0. The molecule has 0 aromatic heterocycles. The van der Waals surface area contributed by atoms with E-state index in [9.17, 15) is 0 Å². The van der Waals surface area contributed by atoms with E-state index < -0.39 is 0 Å². The predicted molar refractivity (Wildman–Crippen MR) is 70.6 cm³/mol. The van der Waals surface area contributed by atoms with Crippen LogP contribution in [-0.4, -0.2) is 12.6 Å². The van der Waals surface area contributed by atoms with Crippen molar-refractivity contribution in [2.24, 2.45) is 11.3 Å². The van der Waals surface area contributed by atoms with Gasteiger partial charge in [-0.05, 0) is 50.0 Å². The van der Waals surface area contributed by atoms with Crippen molar-refractivity contribution >= 4 is 0 Å². The molecule has 0 aliphatic heterocycles. The lowest BCUT2D eigenvalue weighted by Gasteiger charge is -2.32. The molecule has 2 saturated carbocycles. The summed E-state index contributed by atoms with van der Waals surface area (Å²) in [6, 6.07) is 0.825. The molecule has 2 aliphatic rings. The van der Waals surface area contributed by atoms with Gasteiger partial charge in [0, 0.05) is 6.04 Å². The average molecular weight is 223 g/mol. The Morgan fingerprint density at radius 2 is 1.75 bits per heavy atom. The highest BCUT2D eigenvalue weighted by Crippen LogP contribution is 2.51. The number of hydrogen-bond acceptors (Lipinski definition) is 1. The molecular weight excluding hydrogens is 194 g/mol. The molecular formula is C15H29N. The van der Waals surface area contributed by atoms with Gasteiger partial charge in [0.25, 0.3) is 0 Å². The Balaban J connectivity index is 1.93. The standard InChI is InChI=1S/C15H29N/c1-3-12-16-14(15(2)10-11-15)13-8-6-4-5-7-9-13/h13-14,16H,3-12H2,1-2H3. The van der Waals surface area contributed by atoms with Crippen LogP contribution in [0.2, 0.25) is 0 Å². The lowest BCUT2D eigenvalue weighted by molar-refractivity contribution is 0.232. The summed E-state index contributed by atoms with van der Waals surface area (Å²) in [6.07, 6.45) is 13.1. The van der Waals surface area contributed by atoms with Crippen LogP contribution in [0.5, 0.6) is 0 Å². The number of nitrogens with one attached hydrogen (secondary N) is 1. The van der Waals surface area contributed by atoms with Crippen LogP contribution in [-0.2, 0) is 0 Å². The molecule has 0 amide bonds. The highest BCUT2D eigenvalue weighted by molar-refractivity contribution is 5.01. The van der Waals surface area contributed by atoms with Crippen molar-refractivity contribution in [3.8, 4) is 0 Å². The van der Waals surface area contributed by atoms with Gasteiger partial charge in [-0.25, -0.2) is 0 Å². The van der Waals surface area contributed by atoms with Gasteiger partial charge in [-0.1, -0.05) is 39.5 Å². The van der Waals surface area contributed by atoms with Crippen LogP contribution >= 0.6 is 0 Å². The second-order valence-corrected chi connectivity index (χ2v) is 6.34. The maximum Gasteiger partial charge on any atom is 0.0149 e. The van der Waals surface area contributed by atoms with E-state index in [4.69, 9.17) is 0 Å². The third-order valence-electron chi connectivity index (χ3n) is 4.77. The van der Waals surface area contributed by atoms with E-state index in [1.54, 1.807) is 0 Å². The molecule has 16 heavy (non-hydrogen) atoms. The Hall–Kier alpha value is -0.0400. The zero-order chi connectivity index (χ0) is 11.4. The molecule has 1 N–H and O–H groups in total. The van der Waals surface area contributed by atoms with E-state index in [-0.39, 0.29) is 0 Å². The topological polar surface area (TPSA) is 12.0 Å². The Bertz CT molecular complexity index is 199. The van der Waals surface area contributed by atoms with Crippen LogP contribution in [0, 0.1) is 11.3 Å². The van der Waals surface area contributed by atoms with Crippen molar-refractivity contribution in [2.75, 3.05) is 6.54 Å². The van der Waals surface area contributed by atoms with Gasteiger partial charge < -0.3 is 5.32 Å². The Labute approximate surface area is 101 Å². The minimum Gasteiger partial charge on any atom is -0.313 e. The summed E-state index contributed by atoms with van der Waals surface area (Å²) in [5, 5.41) is 3.87. The first-order chi connectivity index (χ1) is 7.76.